The summed E-state index contributed by atoms with van der Waals surface area (Å²) < 4.78 is 13.8. The predicted molar refractivity (Wildman–Crippen MR) is 75.7 cm³/mol. The molecule has 2 aromatic rings. The molecule has 0 spiro atoms. The number of aliphatic hydroxyl groups excluding tert-OH is 1. The van der Waals surface area contributed by atoms with Gasteiger partial charge in [0, 0.05) is 6.07 Å². The summed E-state index contributed by atoms with van der Waals surface area (Å²) in [5, 5.41) is 31.3. The van der Waals surface area contributed by atoms with Crippen LogP contribution in [0, 0.1) is 15.9 Å². The average Bonchev–Trinajstić information content (AvgIpc) is 2.49. The Morgan fingerprint density at radius 1 is 1.23 bits per heavy atom. The number of carboxylic acids is 1. The molecule has 0 aromatic heterocycles. The molecule has 0 atom stereocenters. The quantitative estimate of drug-likeness (QED) is 0.578. The first-order chi connectivity index (χ1) is 10.4. The van der Waals surface area contributed by atoms with Crippen LogP contribution >= 0.6 is 0 Å². The van der Waals surface area contributed by atoms with Crippen molar-refractivity contribution >= 4 is 23.0 Å². The van der Waals surface area contributed by atoms with Crippen LogP contribution in [0.1, 0.15) is 15.9 Å². The predicted octanol–water partition coefficient (Wildman–Crippen LogP) is 2.67. The van der Waals surface area contributed by atoms with Crippen LogP contribution in [0.15, 0.2) is 36.4 Å². The third-order valence-electron chi connectivity index (χ3n) is 2.93. The fourth-order valence-corrected chi connectivity index (χ4v) is 1.83. The molecule has 8 heteroatoms. The molecule has 0 amide bonds. The van der Waals surface area contributed by atoms with Crippen molar-refractivity contribution in [3.63, 3.8) is 0 Å². The lowest BCUT2D eigenvalue weighted by Crippen LogP contribution is -2.02. The van der Waals surface area contributed by atoms with Gasteiger partial charge < -0.3 is 15.5 Å². The SMILES string of the molecule is O=C(O)c1ccc(Nc2ccc(CO)cc2[N+](=O)[O-])c(F)c1. The lowest BCUT2D eigenvalue weighted by Gasteiger charge is -2.09. The third-order valence-corrected chi connectivity index (χ3v) is 2.93. The number of aromatic carboxylic acids is 1. The Bertz CT molecular complexity index is 748. The summed E-state index contributed by atoms with van der Waals surface area (Å²) >= 11 is 0. The number of anilines is 2. The van der Waals surface area contributed by atoms with E-state index < -0.39 is 16.7 Å². The monoisotopic (exact) mass is 306 g/mol. The largest absolute Gasteiger partial charge is 0.478 e. The molecule has 2 aromatic carbocycles. The molecule has 0 heterocycles. The first-order valence-electron chi connectivity index (χ1n) is 6.10. The minimum absolute atomic E-state index is 0.0316. The summed E-state index contributed by atoms with van der Waals surface area (Å²) in [5.41, 5.74) is -0.269. The van der Waals surface area contributed by atoms with Crippen molar-refractivity contribution in [2.24, 2.45) is 0 Å². The summed E-state index contributed by atoms with van der Waals surface area (Å²) in [4.78, 5) is 21.1. The molecule has 2 rings (SSSR count). The van der Waals surface area contributed by atoms with Crippen LogP contribution < -0.4 is 5.32 Å². The number of benzene rings is 2. The summed E-state index contributed by atoms with van der Waals surface area (Å²) in [5.74, 6) is -2.12. The van der Waals surface area contributed by atoms with Gasteiger partial charge in [0.1, 0.15) is 11.5 Å². The molecule has 7 nitrogen and oxygen atoms in total. The summed E-state index contributed by atoms with van der Waals surface area (Å²) in [7, 11) is 0. The van der Waals surface area contributed by atoms with Gasteiger partial charge in [-0.2, -0.15) is 0 Å². The van der Waals surface area contributed by atoms with Gasteiger partial charge in [0.15, 0.2) is 0 Å². The van der Waals surface area contributed by atoms with E-state index in [-0.39, 0.29) is 29.2 Å². The number of hydrogen-bond donors (Lipinski definition) is 3. The Kier molecular flexibility index (Phi) is 4.33. The van der Waals surface area contributed by atoms with Crippen molar-refractivity contribution in [2.75, 3.05) is 5.32 Å². The number of nitrogens with one attached hydrogen (secondary N) is 1. The Hall–Kier alpha value is -3.00. The number of carboxylic acid groups (broad SMARTS) is 1. The van der Waals surface area contributed by atoms with Crippen LogP contribution in [0.25, 0.3) is 0 Å². The second-order valence-corrected chi connectivity index (χ2v) is 4.39. The van der Waals surface area contributed by atoms with Gasteiger partial charge in [0.2, 0.25) is 0 Å². The van der Waals surface area contributed by atoms with Gasteiger partial charge in [0.05, 0.1) is 22.8 Å². The first kappa shape index (κ1) is 15.4. The zero-order valence-corrected chi connectivity index (χ0v) is 11.1. The number of rotatable bonds is 5. The van der Waals surface area contributed by atoms with Gasteiger partial charge in [-0.1, -0.05) is 6.07 Å². The standard InChI is InChI=1S/C14H11FN2O5/c15-10-6-9(14(19)20)2-4-11(10)16-12-3-1-8(7-18)5-13(12)17(21)22/h1-6,16,18H,7H2,(H,19,20). The number of nitro benzene ring substituents is 1. The molecule has 0 radical (unpaired) electrons. The van der Waals surface area contributed by atoms with Crippen molar-refractivity contribution < 1.29 is 24.3 Å². The van der Waals surface area contributed by atoms with Gasteiger partial charge >= 0.3 is 5.97 Å². The van der Waals surface area contributed by atoms with Gasteiger partial charge in [0.25, 0.3) is 5.69 Å². The van der Waals surface area contributed by atoms with Crippen LogP contribution in [-0.2, 0) is 6.61 Å². The summed E-state index contributed by atoms with van der Waals surface area (Å²) in [6.45, 7) is -0.358. The normalized spacial score (nSPS) is 10.3. The molecular formula is C14H11FN2O5. The van der Waals surface area contributed by atoms with E-state index in [9.17, 15) is 19.3 Å². The first-order valence-corrected chi connectivity index (χ1v) is 6.10. The Balaban J connectivity index is 2.38. The highest BCUT2D eigenvalue weighted by Crippen LogP contribution is 2.30. The van der Waals surface area contributed by atoms with Crippen molar-refractivity contribution in [2.45, 2.75) is 6.61 Å². The van der Waals surface area contributed by atoms with Crippen molar-refractivity contribution in [1.82, 2.24) is 0 Å². The number of nitro groups is 1. The highest BCUT2D eigenvalue weighted by Gasteiger charge is 2.16. The van der Waals surface area contributed by atoms with E-state index in [4.69, 9.17) is 10.2 Å². The van der Waals surface area contributed by atoms with E-state index in [0.717, 1.165) is 6.07 Å². The fourth-order valence-electron chi connectivity index (χ4n) is 1.83. The molecule has 3 N–H and O–H groups in total. The zero-order chi connectivity index (χ0) is 16.3. The summed E-state index contributed by atoms with van der Waals surface area (Å²) in [6, 6.07) is 7.15. The van der Waals surface area contributed by atoms with Crippen molar-refractivity contribution in [1.29, 1.82) is 0 Å². The Morgan fingerprint density at radius 3 is 2.45 bits per heavy atom. The van der Waals surface area contributed by atoms with Gasteiger partial charge in [-0.3, -0.25) is 10.1 Å². The van der Waals surface area contributed by atoms with E-state index >= 15 is 0 Å². The number of nitrogens with zero attached hydrogens (tertiary/aromatic N) is 1. The number of halogens is 1. The molecular weight excluding hydrogens is 295 g/mol. The third kappa shape index (κ3) is 3.18. The molecule has 114 valence electrons. The number of carbonyl (C=O) groups is 1. The highest BCUT2D eigenvalue weighted by atomic mass is 19.1. The van der Waals surface area contributed by atoms with Crippen molar-refractivity contribution in [3.8, 4) is 0 Å². The van der Waals surface area contributed by atoms with Gasteiger partial charge in [-0.15, -0.1) is 0 Å². The van der Waals surface area contributed by atoms with Gasteiger partial charge in [-0.05, 0) is 29.8 Å². The molecule has 0 fully saturated rings. The highest BCUT2D eigenvalue weighted by molar-refractivity contribution is 5.88. The molecule has 0 bridgehead atoms. The second-order valence-electron chi connectivity index (χ2n) is 4.39. The molecule has 0 unspecified atom stereocenters. The minimum Gasteiger partial charge on any atom is -0.478 e. The average molecular weight is 306 g/mol. The van der Waals surface area contributed by atoms with E-state index in [0.29, 0.717) is 5.56 Å². The van der Waals surface area contributed by atoms with Crippen LogP contribution in [0.5, 0.6) is 0 Å². The van der Waals surface area contributed by atoms with Crippen LogP contribution in [0.3, 0.4) is 0 Å². The Morgan fingerprint density at radius 2 is 1.91 bits per heavy atom. The molecule has 0 saturated carbocycles. The number of hydrogen-bond acceptors (Lipinski definition) is 5. The lowest BCUT2D eigenvalue weighted by atomic mass is 10.1. The lowest BCUT2D eigenvalue weighted by molar-refractivity contribution is -0.384. The van der Waals surface area contributed by atoms with E-state index in [1.807, 2.05) is 0 Å². The molecule has 0 saturated heterocycles. The van der Waals surface area contributed by atoms with E-state index in [2.05, 4.69) is 5.32 Å². The second kappa shape index (κ2) is 6.19. The summed E-state index contributed by atoms with van der Waals surface area (Å²) in [6.07, 6.45) is 0. The zero-order valence-electron chi connectivity index (χ0n) is 11.1. The topological polar surface area (TPSA) is 113 Å². The van der Waals surface area contributed by atoms with Crippen LogP contribution in [0.4, 0.5) is 21.5 Å². The maximum Gasteiger partial charge on any atom is 0.335 e. The maximum absolute atomic E-state index is 13.8. The van der Waals surface area contributed by atoms with Crippen LogP contribution in [0.2, 0.25) is 0 Å². The van der Waals surface area contributed by atoms with E-state index in [1.165, 1.54) is 30.3 Å². The number of aliphatic hydroxyl groups is 1. The molecule has 0 aliphatic carbocycles. The van der Waals surface area contributed by atoms with Crippen LogP contribution in [-0.4, -0.2) is 21.1 Å². The van der Waals surface area contributed by atoms with Gasteiger partial charge in [-0.25, -0.2) is 9.18 Å². The minimum atomic E-state index is -1.27. The van der Waals surface area contributed by atoms with E-state index in [1.54, 1.807) is 0 Å². The molecule has 0 aliphatic rings. The smallest absolute Gasteiger partial charge is 0.335 e. The molecule has 0 aliphatic heterocycles. The fraction of sp³-hybridized carbons (Fsp3) is 0.0714. The Labute approximate surface area is 123 Å². The van der Waals surface area contributed by atoms with Crippen molar-refractivity contribution in [3.05, 3.63) is 63.5 Å². The maximum atomic E-state index is 13.8. The molecule has 22 heavy (non-hydrogen) atoms.